The summed E-state index contributed by atoms with van der Waals surface area (Å²) in [4.78, 5) is 20.7. The maximum absolute atomic E-state index is 13.7. The number of allylic oxidation sites excluding steroid dienone is 1. The van der Waals surface area contributed by atoms with Crippen molar-refractivity contribution in [2.75, 3.05) is 16.0 Å². The Kier molecular flexibility index (Phi) is 6.65. The van der Waals surface area contributed by atoms with E-state index in [1.54, 1.807) is 30.3 Å². The van der Waals surface area contributed by atoms with Gasteiger partial charge in [-0.2, -0.15) is 0 Å². The second kappa shape index (κ2) is 9.64. The van der Waals surface area contributed by atoms with Crippen molar-refractivity contribution in [3.8, 4) is 11.6 Å². The van der Waals surface area contributed by atoms with E-state index in [4.69, 9.17) is 16.3 Å². The average Bonchev–Trinajstić information content (AvgIpc) is 3.60. The van der Waals surface area contributed by atoms with E-state index in [1.165, 1.54) is 18.5 Å². The number of carbonyl (C=O) groups is 1. The Labute approximate surface area is 200 Å². The standard InChI is InChI=1S/C24H22ClF2N5O2/c1-14(15-6-7-15)30-21-12-22(29-13-28-21)34-18-5-3-4-16(10-18)31-23(33)32-17-8-9-20(25)19(11-17)24(2,26)27/h3-5,8-13,15H,1,6-7H2,2H3,(H,28,29,30)(H2,31,32,33). The number of carbonyl (C=O) groups excluding carboxylic acids is 1. The summed E-state index contributed by atoms with van der Waals surface area (Å²) in [5, 5.41) is 8.24. The minimum absolute atomic E-state index is 0.0803. The number of amides is 2. The lowest BCUT2D eigenvalue weighted by Gasteiger charge is -2.15. The second-order valence-electron chi connectivity index (χ2n) is 7.96. The van der Waals surface area contributed by atoms with Gasteiger partial charge in [0.05, 0.1) is 0 Å². The molecule has 1 saturated carbocycles. The predicted molar refractivity (Wildman–Crippen MR) is 128 cm³/mol. The third-order valence-electron chi connectivity index (χ3n) is 5.01. The van der Waals surface area contributed by atoms with Gasteiger partial charge in [-0.3, -0.25) is 0 Å². The zero-order valence-electron chi connectivity index (χ0n) is 18.2. The summed E-state index contributed by atoms with van der Waals surface area (Å²) in [6, 6.07) is 11.6. The van der Waals surface area contributed by atoms with Gasteiger partial charge in [-0.1, -0.05) is 24.2 Å². The van der Waals surface area contributed by atoms with Gasteiger partial charge in [0, 0.05) is 46.7 Å². The van der Waals surface area contributed by atoms with Gasteiger partial charge >= 0.3 is 6.03 Å². The van der Waals surface area contributed by atoms with E-state index < -0.39 is 12.0 Å². The molecule has 1 aliphatic carbocycles. The molecule has 1 aromatic heterocycles. The largest absolute Gasteiger partial charge is 0.439 e. The second-order valence-corrected chi connectivity index (χ2v) is 8.37. The number of nitrogens with zero attached hydrogens (tertiary/aromatic N) is 2. The normalized spacial score (nSPS) is 13.2. The first-order chi connectivity index (χ1) is 16.2. The highest BCUT2D eigenvalue weighted by Crippen LogP contribution is 2.36. The van der Waals surface area contributed by atoms with Crippen LogP contribution in [-0.2, 0) is 5.92 Å². The minimum Gasteiger partial charge on any atom is -0.439 e. The summed E-state index contributed by atoms with van der Waals surface area (Å²) < 4.78 is 33.2. The van der Waals surface area contributed by atoms with Crippen LogP contribution >= 0.6 is 11.6 Å². The fourth-order valence-corrected chi connectivity index (χ4v) is 3.44. The van der Waals surface area contributed by atoms with Crippen molar-refractivity contribution in [1.82, 2.24) is 9.97 Å². The van der Waals surface area contributed by atoms with Gasteiger partial charge in [-0.15, -0.1) is 0 Å². The maximum Gasteiger partial charge on any atom is 0.323 e. The molecule has 4 rings (SSSR count). The van der Waals surface area contributed by atoms with Gasteiger partial charge in [0.25, 0.3) is 5.92 Å². The lowest BCUT2D eigenvalue weighted by Crippen LogP contribution is -2.20. The van der Waals surface area contributed by atoms with Crippen LogP contribution in [-0.4, -0.2) is 16.0 Å². The molecule has 0 atom stereocenters. The molecule has 3 N–H and O–H groups in total. The highest BCUT2D eigenvalue weighted by Gasteiger charge is 2.27. The van der Waals surface area contributed by atoms with Gasteiger partial charge in [0.2, 0.25) is 5.88 Å². The number of hydrogen-bond acceptors (Lipinski definition) is 5. The van der Waals surface area contributed by atoms with Crippen LogP contribution in [0.5, 0.6) is 11.6 Å². The van der Waals surface area contributed by atoms with E-state index >= 15 is 0 Å². The maximum atomic E-state index is 13.7. The molecule has 3 aromatic rings. The molecule has 7 nitrogen and oxygen atoms in total. The quantitative estimate of drug-likeness (QED) is 0.319. The molecule has 176 valence electrons. The molecule has 0 saturated heterocycles. The van der Waals surface area contributed by atoms with Crippen LogP contribution in [0.15, 0.2) is 67.1 Å². The van der Waals surface area contributed by atoms with Crippen LogP contribution in [0, 0.1) is 5.92 Å². The zero-order chi connectivity index (χ0) is 24.3. The van der Waals surface area contributed by atoms with Crippen LogP contribution in [0.25, 0.3) is 0 Å². The van der Waals surface area contributed by atoms with Crippen molar-refractivity contribution in [3.63, 3.8) is 0 Å². The van der Waals surface area contributed by atoms with E-state index in [0.29, 0.717) is 29.1 Å². The number of alkyl halides is 2. The Morgan fingerprint density at radius 2 is 1.82 bits per heavy atom. The molecule has 1 aliphatic rings. The SMILES string of the molecule is C=C(Nc1cc(Oc2cccc(NC(=O)Nc3ccc(Cl)c(C(C)(F)F)c3)c2)ncn1)C1CC1. The van der Waals surface area contributed by atoms with Crippen LogP contribution in [0.4, 0.5) is 30.8 Å². The summed E-state index contributed by atoms with van der Waals surface area (Å²) >= 11 is 5.84. The molecule has 0 unspecified atom stereocenters. The van der Waals surface area contributed by atoms with Crippen LogP contribution < -0.4 is 20.7 Å². The first-order valence-electron chi connectivity index (χ1n) is 10.5. The summed E-state index contributed by atoms with van der Waals surface area (Å²) in [6.45, 7) is 4.75. The zero-order valence-corrected chi connectivity index (χ0v) is 19.0. The van der Waals surface area contributed by atoms with Crippen LogP contribution in [0.3, 0.4) is 0 Å². The Morgan fingerprint density at radius 1 is 1.09 bits per heavy atom. The molecule has 1 fully saturated rings. The third-order valence-corrected chi connectivity index (χ3v) is 5.34. The topological polar surface area (TPSA) is 88.2 Å². The Morgan fingerprint density at radius 3 is 2.53 bits per heavy atom. The van der Waals surface area contributed by atoms with Gasteiger partial charge in [-0.25, -0.2) is 23.5 Å². The first-order valence-corrected chi connectivity index (χ1v) is 10.9. The molecule has 0 spiro atoms. The fourth-order valence-electron chi connectivity index (χ4n) is 3.15. The van der Waals surface area contributed by atoms with Gasteiger partial charge < -0.3 is 20.7 Å². The summed E-state index contributed by atoms with van der Waals surface area (Å²) in [7, 11) is 0. The van der Waals surface area contributed by atoms with E-state index in [1.807, 2.05) is 0 Å². The minimum atomic E-state index is -3.14. The lowest BCUT2D eigenvalue weighted by atomic mass is 10.1. The Bertz CT molecular complexity index is 1230. The van der Waals surface area contributed by atoms with Gasteiger partial charge in [-0.05, 0) is 49.1 Å². The molecular weight excluding hydrogens is 464 g/mol. The van der Waals surface area contributed by atoms with Crippen molar-refractivity contribution < 1.29 is 18.3 Å². The van der Waals surface area contributed by atoms with Crippen LogP contribution in [0.2, 0.25) is 5.02 Å². The molecule has 2 aromatic carbocycles. The third kappa shape index (κ3) is 6.20. The van der Waals surface area contributed by atoms with Crippen molar-refractivity contribution >= 4 is 34.8 Å². The summed E-state index contributed by atoms with van der Waals surface area (Å²) in [5.74, 6) is -1.33. The van der Waals surface area contributed by atoms with Crippen molar-refractivity contribution in [2.45, 2.75) is 25.7 Å². The fraction of sp³-hybridized carbons (Fsp3) is 0.208. The smallest absolute Gasteiger partial charge is 0.323 e. The monoisotopic (exact) mass is 485 g/mol. The molecule has 0 radical (unpaired) electrons. The van der Waals surface area contributed by atoms with E-state index in [-0.39, 0.29) is 16.3 Å². The van der Waals surface area contributed by atoms with Gasteiger partial charge in [0.15, 0.2) is 0 Å². The lowest BCUT2D eigenvalue weighted by molar-refractivity contribution is 0.0176. The highest BCUT2D eigenvalue weighted by molar-refractivity contribution is 6.31. The number of benzene rings is 2. The summed E-state index contributed by atoms with van der Waals surface area (Å²) in [6.07, 6.45) is 3.63. The number of hydrogen-bond donors (Lipinski definition) is 3. The van der Waals surface area contributed by atoms with E-state index in [0.717, 1.165) is 31.5 Å². The Hall–Kier alpha value is -3.72. The van der Waals surface area contributed by atoms with E-state index in [9.17, 15) is 13.6 Å². The van der Waals surface area contributed by atoms with Crippen molar-refractivity contribution in [1.29, 1.82) is 0 Å². The number of aromatic nitrogens is 2. The summed E-state index contributed by atoms with van der Waals surface area (Å²) in [5.41, 5.74) is 1.15. The number of halogens is 3. The number of rotatable bonds is 8. The molecule has 0 bridgehead atoms. The first kappa shape index (κ1) is 23.4. The predicted octanol–water partition coefficient (Wildman–Crippen LogP) is 7.01. The molecule has 34 heavy (non-hydrogen) atoms. The average molecular weight is 486 g/mol. The number of anilines is 3. The molecule has 2 amide bonds. The van der Waals surface area contributed by atoms with E-state index in [2.05, 4.69) is 32.5 Å². The highest BCUT2D eigenvalue weighted by atomic mass is 35.5. The van der Waals surface area contributed by atoms with Crippen molar-refractivity contribution in [3.05, 3.63) is 77.7 Å². The molecule has 1 heterocycles. The molecule has 0 aliphatic heterocycles. The number of nitrogens with one attached hydrogen (secondary N) is 3. The molecular formula is C24H22ClF2N5O2. The number of ether oxygens (including phenoxy) is 1. The van der Waals surface area contributed by atoms with Crippen LogP contribution in [0.1, 0.15) is 25.3 Å². The number of urea groups is 1. The Balaban J connectivity index is 1.39. The van der Waals surface area contributed by atoms with Gasteiger partial charge in [0.1, 0.15) is 17.9 Å². The van der Waals surface area contributed by atoms with Crippen molar-refractivity contribution in [2.24, 2.45) is 5.92 Å². The molecule has 10 heteroatoms.